The minimum absolute atomic E-state index is 0.00338. The Bertz CT molecular complexity index is 532. The highest BCUT2D eigenvalue weighted by Gasteiger charge is 2.35. The predicted molar refractivity (Wildman–Crippen MR) is 51.7 cm³/mol. The molecule has 0 aliphatic heterocycles. The topological polar surface area (TPSA) is 57.9 Å². The van der Waals surface area contributed by atoms with E-state index in [9.17, 15) is 22.8 Å². The third-order valence-corrected chi connectivity index (χ3v) is 2.20. The molecule has 0 saturated heterocycles. The quantitative estimate of drug-likeness (QED) is 0.607. The molecule has 0 aliphatic rings. The number of alkyl halides is 3. The van der Waals surface area contributed by atoms with Crippen molar-refractivity contribution in [3.05, 3.63) is 34.4 Å². The number of hydrogen-bond acceptors (Lipinski definition) is 3. The summed E-state index contributed by atoms with van der Waals surface area (Å²) in [6.07, 6.45) is -4.78. The molecule has 1 aromatic rings. The molecule has 3 nitrogen and oxygen atoms in total. The van der Waals surface area contributed by atoms with Gasteiger partial charge in [0, 0.05) is 11.1 Å². The summed E-state index contributed by atoms with van der Waals surface area (Å²) >= 11 is 5.09. The van der Waals surface area contributed by atoms with E-state index in [1.54, 1.807) is 0 Å². The highest BCUT2D eigenvalue weighted by atomic mass is 35.5. The van der Waals surface area contributed by atoms with Crippen LogP contribution in [0.1, 0.15) is 31.8 Å². The number of aldehydes is 1. The van der Waals surface area contributed by atoms with Gasteiger partial charge in [0.1, 0.15) is 6.07 Å². The molecule has 0 radical (unpaired) electrons. The smallest absolute Gasteiger partial charge is 0.298 e. The maximum atomic E-state index is 12.5. The van der Waals surface area contributed by atoms with E-state index in [1.165, 1.54) is 6.07 Å². The van der Waals surface area contributed by atoms with Crippen LogP contribution in [0, 0.1) is 11.3 Å². The monoisotopic (exact) mass is 261 g/mol. The summed E-state index contributed by atoms with van der Waals surface area (Å²) in [6, 6.07) is 2.56. The van der Waals surface area contributed by atoms with Crippen LogP contribution < -0.4 is 0 Å². The fourth-order valence-corrected chi connectivity index (χ4v) is 1.43. The number of hydrogen-bond donors (Lipinski definition) is 0. The second kappa shape index (κ2) is 4.55. The van der Waals surface area contributed by atoms with Crippen molar-refractivity contribution in [2.75, 3.05) is 0 Å². The maximum Gasteiger partial charge on any atom is 0.417 e. The summed E-state index contributed by atoms with van der Waals surface area (Å²) in [5.74, 6) is 0. The standard InChI is InChI=1S/C10H3ClF3NO2/c11-9(17)5-1-2-8(10(12,13)14)6(3-15)7(5)4-16/h1-2,4H. The van der Waals surface area contributed by atoms with E-state index in [0.29, 0.717) is 6.07 Å². The van der Waals surface area contributed by atoms with Crippen molar-refractivity contribution in [3.63, 3.8) is 0 Å². The molecular weight excluding hydrogens is 259 g/mol. The third kappa shape index (κ3) is 2.45. The fourth-order valence-electron chi connectivity index (χ4n) is 1.27. The van der Waals surface area contributed by atoms with Gasteiger partial charge in [0.05, 0.1) is 11.1 Å². The van der Waals surface area contributed by atoms with E-state index in [2.05, 4.69) is 0 Å². The Hall–Kier alpha value is -1.87. The van der Waals surface area contributed by atoms with Gasteiger partial charge in [-0.3, -0.25) is 9.59 Å². The molecule has 88 valence electrons. The van der Waals surface area contributed by atoms with Crippen LogP contribution in [0.5, 0.6) is 0 Å². The molecule has 7 heteroatoms. The molecule has 1 aromatic carbocycles. The van der Waals surface area contributed by atoms with Crippen molar-refractivity contribution in [1.82, 2.24) is 0 Å². The van der Waals surface area contributed by atoms with Crippen LogP contribution in [0.25, 0.3) is 0 Å². The largest absolute Gasteiger partial charge is 0.417 e. The van der Waals surface area contributed by atoms with E-state index in [0.717, 1.165) is 6.07 Å². The molecule has 0 heterocycles. The third-order valence-electron chi connectivity index (χ3n) is 1.99. The number of nitriles is 1. The van der Waals surface area contributed by atoms with Gasteiger partial charge in [0.2, 0.25) is 0 Å². The van der Waals surface area contributed by atoms with Crippen molar-refractivity contribution in [1.29, 1.82) is 5.26 Å². The van der Waals surface area contributed by atoms with Crippen LogP contribution in [-0.2, 0) is 6.18 Å². The predicted octanol–water partition coefficient (Wildman–Crippen LogP) is 2.77. The lowest BCUT2D eigenvalue weighted by Crippen LogP contribution is -2.12. The van der Waals surface area contributed by atoms with Gasteiger partial charge in [-0.15, -0.1) is 0 Å². The number of carbonyl (C=O) groups is 2. The van der Waals surface area contributed by atoms with Gasteiger partial charge in [0.15, 0.2) is 6.29 Å². The molecule has 0 aliphatic carbocycles. The molecule has 0 fully saturated rings. The van der Waals surface area contributed by atoms with Crippen molar-refractivity contribution >= 4 is 23.1 Å². The summed E-state index contributed by atoms with van der Waals surface area (Å²) in [4.78, 5) is 21.5. The first-order valence-electron chi connectivity index (χ1n) is 4.12. The Balaban J connectivity index is 3.68. The van der Waals surface area contributed by atoms with Gasteiger partial charge in [-0.1, -0.05) is 0 Å². The molecule has 0 amide bonds. The van der Waals surface area contributed by atoms with Gasteiger partial charge in [0.25, 0.3) is 5.24 Å². The van der Waals surface area contributed by atoms with Gasteiger partial charge in [-0.05, 0) is 23.7 Å². The number of halogens is 4. The highest BCUT2D eigenvalue weighted by Crippen LogP contribution is 2.34. The molecule has 0 spiro atoms. The zero-order valence-corrected chi connectivity index (χ0v) is 8.76. The lowest BCUT2D eigenvalue weighted by molar-refractivity contribution is -0.137. The Morgan fingerprint density at radius 3 is 2.35 bits per heavy atom. The number of carbonyl (C=O) groups excluding carboxylic acids is 2. The Morgan fingerprint density at radius 2 is 2.00 bits per heavy atom. The molecule has 0 aromatic heterocycles. The Kier molecular flexibility index (Phi) is 3.53. The van der Waals surface area contributed by atoms with E-state index >= 15 is 0 Å². The van der Waals surface area contributed by atoms with E-state index in [-0.39, 0.29) is 6.29 Å². The minimum Gasteiger partial charge on any atom is -0.298 e. The van der Waals surface area contributed by atoms with Gasteiger partial charge >= 0.3 is 6.18 Å². The molecule has 0 saturated carbocycles. The maximum absolute atomic E-state index is 12.5. The molecule has 0 N–H and O–H groups in total. The van der Waals surface area contributed by atoms with Crippen LogP contribution in [0.4, 0.5) is 13.2 Å². The minimum atomic E-state index is -4.78. The van der Waals surface area contributed by atoms with Crippen LogP contribution in [0.2, 0.25) is 0 Å². The zero-order valence-electron chi connectivity index (χ0n) is 8.01. The first kappa shape index (κ1) is 13.2. The summed E-state index contributed by atoms with van der Waals surface area (Å²) in [6.45, 7) is 0. The van der Waals surface area contributed by atoms with Gasteiger partial charge in [-0.25, -0.2) is 0 Å². The average Bonchev–Trinajstić information content (AvgIpc) is 2.25. The van der Waals surface area contributed by atoms with Crippen molar-refractivity contribution in [2.45, 2.75) is 6.18 Å². The number of rotatable bonds is 2. The van der Waals surface area contributed by atoms with Crippen molar-refractivity contribution in [3.8, 4) is 6.07 Å². The van der Waals surface area contributed by atoms with Crippen molar-refractivity contribution < 1.29 is 22.8 Å². The second-order valence-electron chi connectivity index (χ2n) is 2.95. The normalized spacial score (nSPS) is 10.8. The Morgan fingerprint density at radius 1 is 1.41 bits per heavy atom. The zero-order chi connectivity index (χ0) is 13.2. The Labute approximate surface area is 98.4 Å². The lowest BCUT2D eigenvalue weighted by Gasteiger charge is -2.11. The second-order valence-corrected chi connectivity index (χ2v) is 3.29. The molecule has 17 heavy (non-hydrogen) atoms. The average molecular weight is 262 g/mol. The molecular formula is C10H3ClF3NO2. The van der Waals surface area contributed by atoms with Crippen LogP contribution >= 0.6 is 11.6 Å². The summed E-state index contributed by atoms with van der Waals surface area (Å²) in [5, 5.41) is 7.54. The van der Waals surface area contributed by atoms with E-state index < -0.39 is 33.7 Å². The molecule has 1 rings (SSSR count). The molecule has 0 atom stereocenters. The van der Waals surface area contributed by atoms with E-state index in [1.807, 2.05) is 0 Å². The van der Waals surface area contributed by atoms with Crippen LogP contribution in [0.3, 0.4) is 0 Å². The van der Waals surface area contributed by atoms with Gasteiger partial charge < -0.3 is 0 Å². The first-order chi connectivity index (χ1) is 7.82. The number of nitrogens with zero attached hydrogens (tertiary/aromatic N) is 1. The van der Waals surface area contributed by atoms with Crippen molar-refractivity contribution in [2.24, 2.45) is 0 Å². The van der Waals surface area contributed by atoms with E-state index in [4.69, 9.17) is 16.9 Å². The van der Waals surface area contributed by atoms with Crippen LogP contribution in [0.15, 0.2) is 12.1 Å². The molecule has 0 unspecified atom stereocenters. The lowest BCUT2D eigenvalue weighted by atomic mass is 9.97. The fraction of sp³-hybridized carbons (Fsp3) is 0.100. The summed E-state index contributed by atoms with van der Waals surface area (Å²) in [7, 11) is 0. The summed E-state index contributed by atoms with van der Waals surface area (Å²) < 4.78 is 37.5. The summed E-state index contributed by atoms with van der Waals surface area (Å²) in [5.41, 5.74) is -3.25. The first-order valence-corrected chi connectivity index (χ1v) is 4.50. The number of benzene rings is 1. The SMILES string of the molecule is N#Cc1c(C(F)(F)F)ccc(C(=O)Cl)c1C=O. The van der Waals surface area contributed by atoms with Crippen LogP contribution in [-0.4, -0.2) is 11.5 Å². The molecule has 0 bridgehead atoms. The highest BCUT2D eigenvalue weighted by molar-refractivity contribution is 6.68. The van der Waals surface area contributed by atoms with Gasteiger partial charge in [-0.2, -0.15) is 18.4 Å².